The maximum Gasteiger partial charge on any atom is 0.428 e. The van der Waals surface area contributed by atoms with Crippen molar-refractivity contribution in [2.24, 2.45) is 0 Å². The molecular formula is C7H5ClN3O+. The van der Waals surface area contributed by atoms with Crippen molar-refractivity contribution in [3.05, 3.63) is 24.3 Å². The molecule has 1 aromatic carbocycles. The van der Waals surface area contributed by atoms with Gasteiger partial charge in [-0.05, 0) is 17.3 Å². The fourth-order valence-corrected chi connectivity index (χ4v) is 1.17. The van der Waals surface area contributed by atoms with Gasteiger partial charge in [0.25, 0.3) is 0 Å². The van der Waals surface area contributed by atoms with Gasteiger partial charge >= 0.3 is 5.37 Å². The predicted molar refractivity (Wildman–Crippen MR) is 42.9 cm³/mol. The van der Waals surface area contributed by atoms with Crippen molar-refractivity contribution in [2.75, 3.05) is 0 Å². The standard InChI is InChI=1S/C7H4ClN3O/c8-7(12)11-6-4-2-1-3-5(6)9-10-11/h1-4H/p+1. The molecule has 1 N–H and O–H groups in total. The van der Waals surface area contributed by atoms with E-state index >= 15 is 0 Å². The summed E-state index contributed by atoms with van der Waals surface area (Å²) in [4.78, 5) is 10.8. The fourth-order valence-electron chi connectivity index (χ4n) is 1.04. The lowest BCUT2D eigenvalue weighted by Gasteiger charge is -1.82. The summed E-state index contributed by atoms with van der Waals surface area (Å²) in [6.45, 7) is 0. The average molecular weight is 183 g/mol. The van der Waals surface area contributed by atoms with E-state index in [1.54, 1.807) is 12.1 Å². The second-order valence-corrected chi connectivity index (χ2v) is 2.61. The highest BCUT2D eigenvalue weighted by atomic mass is 35.5. The van der Waals surface area contributed by atoms with E-state index in [1.165, 1.54) is 4.68 Å². The molecule has 0 spiro atoms. The third kappa shape index (κ3) is 0.967. The Balaban J connectivity index is 2.79. The Morgan fingerprint density at radius 2 is 2.25 bits per heavy atom. The molecule has 5 heteroatoms. The number of aromatic amines is 1. The third-order valence-corrected chi connectivity index (χ3v) is 1.74. The number of rotatable bonds is 0. The molecule has 0 aliphatic carbocycles. The van der Waals surface area contributed by atoms with Gasteiger partial charge in [0.15, 0.2) is 0 Å². The second-order valence-electron chi connectivity index (χ2n) is 2.29. The highest BCUT2D eigenvalue weighted by Gasteiger charge is 2.15. The molecule has 0 bridgehead atoms. The zero-order valence-electron chi connectivity index (χ0n) is 5.99. The van der Waals surface area contributed by atoms with Crippen molar-refractivity contribution < 1.29 is 9.48 Å². The normalized spacial score (nSPS) is 10.4. The SMILES string of the molecule is O=C(Cl)[n+]1[nH]nc2ccccc21. The number of aromatic nitrogens is 3. The van der Waals surface area contributed by atoms with Gasteiger partial charge < -0.3 is 0 Å². The maximum atomic E-state index is 10.8. The molecule has 0 aliphatic rings. The Bertz CT molecular complexity index is 437. The summed E-state index contributed by atoms with van der Waals surface area (Å²) in [5, 5.41) is 5.78. The van der Waals surface area contributed by atoms with Crippen LogP contribution in [0.1, 0.15) is 0 Å². The quantitative estimate of drug-likeness (QED) is 0.489. The van der Waals surface area contributed by atoms with E-state index in [2.05, 4.69) is 10.3 Å². The Kier molecular flexibility index (Phi) is 1.55. The summed E-state index contributed by atoms with van der Waals surface area (Å²) in [5.74, 6) is 0. The number of nitrogens with one attached hydrogen (secondary N) is 1. The van der Waals surface area contributed by atoms with E-state index in [4.69, 9.17) is 11.6 Å². The predicted octanol–water partition coefficient (Wildman–Crippen LogP) is 1.06. The van der Waals surface area contributed by atoms with Gasteiger partial charge in [0, 0.05) is 16.7 Å². The smallest absolute Gasteiger partial charge is 0.224 e. The fraction of sp³-hybridized carbons (Fsp3) is 0. The van der Waals surface area contributed by atoms with Crippen LogP contribution in [0.2, 0.25) is 0 Å². The number of para-hydroxylation sites is 2. The van der Waals surface area contributed by atoms with Crippen LogP contribution in [-0.4, -0.2) is 15.7 Å². The molecule has 1 heterocycles. The molecule has 0 saturated heterocycles. The number of carbonyl (C=O) groups is 1. The second kappa shape index (κ2) is 2.57. The van der Waals surface area contributed by atoms with Crippen LogP contribution >= 0.6 is 11.6 Å². The number of nitrogens with zero attached hydrogens (tertiary/aromatic N) is 2. The molecule has 2 rings (SSSR count). The van der Waals surface area contributed by atoms with Crippen LogP contribution in [0.4, 0.5) is 4.79 Å². The molecule has 0 unspecified atom stereocenters. The zero-order chi connectivity index (χ0) is 8.55. The Hall–Kier alpha value is -1.42. The first-order chi connectivity index (χ1) is 5.79. The molecule has 0 saturated carbocycles. The first-order valence-electron chi connectivity index (χ1n) is 3.34. The monoisotopic (exact) mass is 182 g/mol. The summed E-state index contributed by atoms with van der Waals surface area (Å²) in [5.41, 5.74) is 1.39. The van der Waals surface area contributed by atoms with Crippen molar-refractivity contribution in [2.45, 2.75) is 0 Å². The van der Waals surface area contributed by atoms with Crippen molar-refractivity contribution in [3.63, 3.8) is 0 Å². The van der Waals surface area contributed by atoms with Crippen LogP contribution < -0.4 is 4.68 Å². The first-order valence-corrected chi connectivity index (χ1v) is 3.72. The van der Waals surface area contributed by atoms with Crippen LogP contribution in [0.3, 0.4) is 0 Å². The molecule has 0 aliphatic heterocycles. The molecule has 0 atom stereocenters. The first kappa shape index (κ1) is 7.24. The zero-order valence-corrected chi connectivity index (χ0v) is 6.75. The van der Waals surface area contributed by atoms with Crippen molar-refractivity contribution in [1.29, 1.82) is 0 Å². The van der Waals surface area contributed by atoms with E-state index in [9.17, 15) is 4.79 Å². The Labute approximate surface area is 72.7 Å². The van der Waals surface area contributed by atoms with Gasteiger partial charge in [-0.25, -0.2) is 4.79 Å². The molecule has 12 heavy (non-hydrogen) atoms. The summed E-state index contributed by atoms with van der Waals surface area (Å²) >= 11 is 5.28. The minimum Gasteiger partial charge on any atom is -0.224 e. The Morgan fingerprint density at radius 1 is 1.50 bits per heavy atom. The van der Waals surface area contributed by atoms with E-state index in [0.717, 1.165) is 0 Å². The van der Waals surface area contributed by atoms with Crippen LogP contribution in [-0.2, 0) is 0 Å². The number of fused-ring (bicyclic) bond motifs is 1. The molecule has 0 amide bonds. The summed E-state index contributed by atoms with van der Waals surface area (Å²) in [6, 6.07) is 7.21. The largest absolute Gasteiger partial charge is 0.428 e. The van der Waals surface area contributed by atoms with Crippen LogP contribution in [0.5, 0.6) is 0 Å². The lowest BCUT2D eigenvalue weighted by atomic mass is 10.3. The van der Waals surface area contributed by atoms with Crippen LogP contribution in [0, 0.1) is 0 Å². The van der Waals surface area contributed by atoms with Crippen molar-refractivity contribution in [1.82, 2.24) is 10.3 Å². The molecule has 2 aromatic rings. The number of hydrogen-bond donors (Lipinski definition) is 1. The third-order valence-electron chi connectivity index (χ3n) is 1.57. The van der Waals surface area contributed by atoms with Gasteiger partial charge in [0.05, 0.1) is 0 Å². The average Bonchev–Trinajstić information content (AvgIpc) is 2.47. The number of H-pyrrole nitrogens is 1. The lowest BCUT2D eigenvalue weighted by Crippen LogP contribution is -2.40. The molecule has 60 valence electrons. The molecule has 0 fully saturated rings. The lowest BCUT2D eigenvalue weighted by molar-refractivity contribution is -0.602. The van der Waals surface area contributed by atoms with Gasteiger partial charge in [0.2, 0.25) is 11.0 Å². The van der Waals surface area contributed by atoms with E-state index in [1.807, 2.05) is 12.1 Å². The Morgan fingerprint density at radius 3 is 3.00 bits per heavy atom. The molecule has 4 nitrogen and oxygen atoms in total. The van der Waals surface area contributed by atoms with Crippen molar-refractivity contribution in [3.8, 4) is 0 Å². The van der Waals surface area contributed by atoms with E-state index in [-0.39, 0.29) is 0 Å². The van der Waals surface area contributed by atoms with Crippen LogP contribution in [0.15, 0.2) is 24.3 Å². The molecule has 1 aromatic heterocycles. The number of benzene rings is 1. The van der Waals surface area contributed by atoms with Crippen LogP contribution in [0.25, 0.3) is 11.0 Å². The van der Waals surface area contributed by atoms with Crippen molar-refractivity contribution >= 4 is 28.0 Å². The maximum absolute atomic E-state index is 10.8. The number of hydrogen-bond acceptors (Lipinski definition) is 2. The van der Waals surface area contributed by atoms with Gasteiger partial charge in [-0.15, -0.1) is 0 Å². The number of carbonyl (C=O) groups excluding carboxylic acids is 1. The minimum atomic E-state index is -0.594. The van der Waals surface area contributed by atoms with Gasteiger partial charge in [0.1, 0.15) is 0 Å². The van der Waals surface area contributed by atoms with E-state index < -0.39 is 5.37 Å². The summed E-state index contributed by atoms with van der Waals surface area (Å²) in [6.07, 6.45) is 0. The van der Waals surface area contributed by atoms with Gasteiger partial charge in [-0.2, -0.15) is 0 Å². The topological polar surface area (TPSA) is 49.6 Å². The molecule has 0 radical (unpaired) electrons. The van der Waals surface area contributed by atoms with Gasteiger partial charge in [-0.1, -0.05) is 16.8 Å². The minimum absolute atomic E-state index is 0.594. The molecular weight excluding hydrogens is 178 g/mol. The highest BCUT2D eigenvalue weighted by molar-refractivity contribution is 6.60. The number of halogens is 1. The highest BCUT2D eigenvalue weighted by Crippen LogP contribution is 2.03. The summed E-state index contributed by atoms with van der Waals surface area (Å²) in [7, 11) is 0. The van der Waals surface area contributed by atoms with Gasteiger partial charge in [-0.3, -0.25) is 0 Å². The van der Waals surface area contributed by atoms with E-state index in [0.29, 0.717) is 11.0 Å². The summed E-state index contributed by atoms with van der Waals surface area (Å²) < 4.78 is 1.18.